The second kappa shape index (κ2) is 9.01. The number of rotatable bonds is 6. The molecule has 2 N–H and O–H groups in total. The van der Waals surface area contributed by atoms with Gasteiger partial charge in [0.15, 0.2) is 0 Å². The Bertz CT molecular complexity index is 846. The van der Waals surface area contributed by atoms with Crippen LogP contribution < -0.4 is 10.6 Å². The summed E-state index contributed by atoms with van der Waals surface area (Å²) in [5.74, 6) is -2.00. The summed E-state index contributed by atoms with van der Waals surface area (Å²) in [6.45, 7) is 3.91. The van der Waals surface area contributed by atoms with Gasteiger partial charge in [0.25, 0.3) is 0 Å². The summed E-state index contributed by atoms with van der Waals surface area (Å²) in [6, 6.07) is 1.65. The van der Waals surface area contributed by atoms with Crippen LogP contribution >= 0.6 is 11.3 Å². The molecule has 9 heteroatoms. The number of hydrogen-bond donors (Lipinski definition) is 2. The maximum atomic E-state index is 12.4. The molecule has 0 radical (unpaired) electrons. The van der Waals surface area contributed by atoms with Crippen molar-refractivity contribution in [3.63, 3.8) is 0 Å². The van der Waals surface area contributed by atoms with E-state index in [2.05, 4.69) is 15.6 Å². The van der Waals surface area contributed by atoms with Gasteiger partial charge in [-0.3, -0.25) is 9.59 Å². The molecule has 1 fully saturated rings. The summed E-state index contributed by atoms with van der Waals surface area (Å²) in [6.07, 6.45) is 8.68. The predicted octanol–water partition coefficient (Wildman–Crippen LogP) is 2.53. The highest BCUT2D eigenvalue weighted by atomic mass is 32.1. The van der Waals surface area contributed by atoms with E-state index in [0.29, 0.717) is 11.4 Å². The number of imidazole rings is 1. The number of ether oxygens (including phenoxy) is 1. The number of aromatic nitrogens is 2. The average molecular weight is 404 g/mol. The number of carbonyl (C=O) groups is 3. The van der Waals surface area contributed by atoms with Gasteiger partial charge in [-0.15, -0.1) is 11.3 Å². The summed E-state index contributed by atoms with van der Waals surface area (Å²) < 4.78 is 7.00. The number of anilines is 1. The van der Waals surface area contributed by atoms with Gasteiger partial charge >= 0.3 is 17.8 Å². The van der Waals surface area contributed by atoms with Crippen LogP contribution in [0.2, 0.25) is 0 Å². The third-order valence-corrected chi connectivity index (χ3v) is 5.96. The number of aryl methyl sites for hydroxylation is 1. The Labute approximate surface area is 167 Å². The normalized spacial score (nSPS) is 18.6. The van der Waals surface area contributed by atoms with Gasteiger partial charge in [0.1, 0.15) is 5.00 Å². The third kappa shape index (κ3) is 4.41. The maximum absolute atomic E-state index is 12.4. The Morgan fingerprint density at radius 3 is 2.79 bits per heavy atom. The zero-order valence-electron chi connectivity index (χ0n) is 15.9. The third-order valence-electron chi connectivity index (χ3n) is 4.76. The van der Waals surface area contributed by atoms with Crippen LogP contribution in [-0.4, -0.2) is 40.0 Å². The molecule has 28 heavy (non-hydrogen) atoms. The van der Waals surface area contributed by atoms with E-state index in [1.165, 1.54) is 11.3 Å². The van der Waals surface area contributed by atoms with Crippen LogP contribution in [-0.2, 0) is 20.7 Å². The largest absolute Gasteiger partial charge is 0.462 e. The molecule has 0 aromatic carbocycles. The summed E-state index contributed by atoms with van der Waals surface area (Å²) in [7, 11) is 0. The molecule has 0 aliphatic heterocycles. The number of amides is 2. The van der Waals surface area contributed by atoms with Gasteiger partial charge in [0, 0.05) is 17.3 Å². The van der Waals surface area contributed by atoms with Gasteiger partial charge in [-0.2, -0.15) is 0 Å². The van der Waals surface area contributed by atoms with Crippen LogP contribution in [0.15, 0.2) is 24.8 Å². The van der Waals surface area contributed by atoms with Crippen molar-refractivity contribution < 1.29 is 19.1 Å². The second-order valence-corrected chi connectivity index (χ2v) is 7.71. The molecule has 1 saturated carbocycles. The van der Waals surface area contributed by atoms with Crippen LogP contribution in [0.4, 0.5) is 5.00 Å². The van der Waals surface area contributed by atoms with E-state index in [1.54, 1.807) is 25.5 Å². The standard InChI is InChI=1S/C19H24N4O4S/c1-3-12-10-13(19(26)27-4-2)18(28-12)22-17(25)16(24)21-14-6-5-7-15(14)23-9-8-20-11-23/h8-11,14-15H,3-7H2,1-2H3,(H,21,24)(H,22,25). The Balaban J connectivity index is 1.67. The summed E-state index contributed by atoms with van der Waals surface area (Å²) in [5, 5.41) is 5.74. The van der Waals surface area contributed by atoms with Crippen LogP contribution in [0, 0.1) is 0 Å². The van der Waals surface area contributed by atoms with E-state index in [-0.39, 0.29) is 24.3 Å². The lowest BCUT2D eigenvalue weighted by Gasteiger charge is -2.21. The van der Waals surface area contributed by atoms with E-state index in [1.807, 2.05) is 17.7 Å². The Morgan fingerprint density at radius 2 is 2.11 bits per heavy atom. The van der Waals surface area contributed by atoms with Crippen molar-refractivity contribution in [3.8, 4) is 0 Å². The SMILES string of the molecule is CCOC(=O)c1cc(CC)sc1NC(=O)C(=O)NC1CCCC1n1ccnc1. The van der Waals surface area contributed by atoms with E-state index in [9.17, 15) is 14.4 Å². The van der Waals surface area contributed by atoms with Crippen molar-refractivity contribution in [2.75, 3.05) is 11.9 Å². The van der Waals surface area contributed by atoms with Gasteiger partial charge < -0.3 is 19.9 Å². The second-order valence-electron chi connectivity index (χ2n) is 6.57. The molecule has 2 amide bonds. The highest BCUT2D eigenvalue weighted by Gasteiger charge is 2.31. The van der Waals surface area contributed by atoms with Gasteiger partial charge in [0.05, 0.1) is 30.6 Å². The first-order chi connectivity index (χ1) is 13.5. The van der Waals surface area contributed by atoms with Crippen molar-refractivity contribution in [2.24, 2.45) is 0 Å². The summed E-state index contributed by atoms with van der Waals surface area (Å²) in [5.41, 5.74) is 0.280. The van der Waals surface area contributed by atoms with Crippen molar-refractivity contribution in [1.29, 1.82) is 0 Å². The van der Waals surface area contributed by atoms with Crippen LogP contribution in [0.1, 0.15) is 54.4 Å². The molecule has 2 unspecified atom stereocenters. The zero-order valence-corrected chi connectivity index (χ0v) is 16.8. The lowest BCUT2D eigenvalue weighted by atomic mass is 10.1. The molecule has 2 heterocycles. The Kier molecular flexibility index (Phi) is 6.45. The number of nitrogens with one attached hydrogen (secondary N) is 2. The number of hydrogen-bond acceptors (Lipinski definition) is 6. The molecule has 8 nitrogen and oxygen atoms in total. The van der Waals surface area contributed by atoms with E-state index >= 15 is 0 Å². The predicted molar refractivity (Wildman–Crippen MR) is 105 cm³/mol. The van der Waals surface area contributed by atoms with Crippen molar-refractivity contribution >= 4 is 34.1 Å². The monoisotopic (exact) mass is 404 g/mol. The minimum absolute atomic E-state index is 0.0859. The van der Waals surface area contributed by atoms with Crippen LogP contribution in [0.3, 0.4) is 0 Å². The van der Waals surface area contributed by atoms with E-state index < -0.39 is 17.8 Å². The van der Waals surface area contributed by atoms with Gasteiger partial charge in [0.2, 0.25) is 0 Å². The zero-order chi connectivity index (χ0) is 20.1. The molecule has 1 aliphatic carbocycles. The minimum atomic E-state index is -0.786. The number of nitrogens with zero attached hydrogens (tertiary/aromatic N) is 2. The minimum Gasteiger partial charge on any atom is -0.462 e. The van der Waals surface area contributed by atoms with Crippen molar-refractivity contribution in [3.05, 3.63) is 35.2 Å². The number of carbonyl (C=O) groups excluding carboxylic acids is 3. The fourth-order valence-corrected chi connectivity index (χ4v) is 4.37. The molecule has 2 aromatic rings. The molecule has 2 aromatic heterocycles. The molecule has 0 spiro atoms. The fourth-order valence-electron chi connectivity index (χ4n) is 3.39. The first-order valence-corrected chi connectivity index (χ1v) is 10.2. The first-order valence-electron chi connectivity index (χ1n) is 9.42. The number of esters is 1. The van der Waals surface area contributed by atoms with E-state index in [4.69, 9.17) is 4.74 Å². The molecule has 2 atom stereocenters. The summed E-state index contributed by atoms with van der Waals surface area (Å²) >= 11 is 1.28. The molecule has 3 rings (SSSR count). The molecular formula is C19H24N4O4S. The lowest BCUT2D eigenvalue weighted by molar-refractivity contribution is -0.136. The molecule has 0 saturated heterocycles. The quantitative estimate of drug-likeness (QED) is 0.569. The van der Waals surface area contributed by atoms with Gasteiger partial charge in [-0.05, 0) is 38.7 Å². The fraction of sp³-hybridized carbons (Fsp3) is 0.474. The molecule has 1 aliphatic rings. The lowest BCUT2D eigenvalue weighted by Crippen LogP contribution is -2.43. The van der Waals surface area contributed by atoms with Crippen molar-refractivity contribution in [1.82, 2.24) is 14.9 Å². The Hall–Kier alpha value is -2.68. The maximum Gasteiger partial charge on any atom is 0.341 e. The smallest absolute Gasteiger partial charge is 0.341 e. The molecule has 0 bridgehead atoms. The van der Waals surface area contributed by atoms with Gasteiger partial charge in [-0.1, -0.05) is 6.92 Å². The van der Waals surface area contributed by atoms with Crippen LogP contribution in [0.5, 0.6) is 0 Å². The Morgan fingerprint density at radius 1 is 1.29 bits per heavy atom. The molecular weight excluding hydrogens is 380 g/mol. The highest BCUT2D eigenvalue weighted by Crippen LogP contribution is 2.31. The van der Waals surface area contributed by atoms with E-state index in [0.717, 1.165) is 24.1 Å². The van der Waals surface area contributed by atoms with Crippen LogP contribution in [0.25, 0.3) is 0 Å². The van der Waals surface area contributed by atoms with Gasteiger partial charge in [-0.25, -0.2) is 9.78 Å². The topological polar surface area (TPSA) is 102 Å². The van der Waals surface area contributed by atoms with Crippen molar-refractivity contribution in [2.45, 2.75) is 51.6 Å². The summed E-state index contributed by atoms with van der Waals surface area (Å²) in [4.78, 5) is 42.0. The highest BCUT2D eigenvalue weighted by molar-refractivity contribution is 7.16. The average Bonchev–Trinajstić information content (AvgIpc) is 3.42. The molecule has 150 valence electrons. The number of thiophene rings is 1. The first kappa shape index (κ1) is 20.1.